The summed E-state index contributed by atoms with van der Waals surface area (Å²) in [7, 11) is 6.55. The van der Waals surface area contributed by atoms with Crippen LogP contribution in [0.3, 0.4) is 0 Å². The van der Waals surface area contributed by atoms with Crippen LogP contribution >= 0.6 is 0 Å². The molecule has 0 spiro atoms. The predicted molar refractivity (Wildman–Crippen MR) is 70.2 cm³/mol. The molecule has 0 aromatic heterocycles. The third-order valence-corrected chi connectivity index (χ3v) is 2.21. The molecule has 17 heavy (non-hydrogen) atoms. The molecule has 2 rings (SSSR count). The third-order valence-electron chi connectivity index (χ3n) is 2.21. The molecular weight excluding hydrogens is 218 g/mol. The van der Waals surface area contributed by atoms with Gasteiger partial charge in [-0.15, -0.1) is 0 Å². The maximum atomic E-state index is 5.18. The van der Waals surface area contributed by atoms with Gasteiger partial charge in [0.1, 0.15) is 18.8 Å². The van der Waals surface area contributed by atoms with Crippen molar-refractivity contribution in [1.29, 1.82) is 0 Å². The number of quaternary nitrogens is 1. The molecule has 0 bridgehead atoms. The Labute approximate surface area is 106 Å². The van der Waals surface area contributed by atoms with E-state index in [1.165, 1.54) is 0 Å². The first-order chi connectivity index (χ1) is 7.51. The zero-order valence-corrected chi connectivity index (χ0v) is 11.1. The van der Waals surface area contributed by atoms with Crippen LogP contribution in [0.25, 0.3) is 0 Å². The minimum absolute atomic E-state index is 0. The molecular formula is C13H30NO3+. The molecule has 0 aliphatic carbocycles. The van der Waals surface area contributed by atoms with Crippen molar-refractivity contribution in [2.45, 2.75) is 33.0 Å². The van der Waals surface area contributed by atoms with Gasteiger partial charge in [0, 0.05) is 6.61 Å². The van der Waals surface area contributed by atoms with Gasteiger partial charge in [-0.25, -0.2) is 0 Å². The van der Waals surface area contributed by atoms with Gasteiger partial charge in [0.05, 0.1) is 41.0 Å². The van der Waals surface area contributed by atoms with Crippen molar-refractivity contribution >= 4 is 0 Å². The summed E-state index contributed by atoms with van der Waals surface area (Å²) < 4.78 is 16.2. The number of epoxide rings is 2. The van der Waals surface area contributed by atoms with Crippen molar-refractivity contribution in [3.63, 3.8) is 0 Å². The van der Waals surface area contributed by atoms with Crippen LogP contribution in [0.4, 0.5) is 0 Å². The van der Waals surface area contributed by atoms with Crippen LogP contribution in [0.2, 0.25) is 0 Å². The molecule has 0 radical (unpaired) electrons. The average molecular weight is 248 g/mol. The number of hydrogen-bond acceptors (Lipinski definition) is 3. The summed E-state index contributed by atoms with van der Waals surface area (Å²) in [4.78, 5) is 0. The van der Waals surface area contributed by atoms with Gasteiger partial charge >= 0.3 is 0 Å². The highest BCUT2D eigenvalue weighted by molar-refractivity contribution is 4.67. The Bertz CT molecular complexity index is 184. The highest BCUT2D eigenvalue weighted by atomic mass is 16.6. The Kier molecular flexibility index (Phi) is 7.96. The van der Waals surface area contributed by atoms with Crippen molar-refractivity contribution in [2.24, 2.45) is 0 Å². The number of ether oxygens (including phenoxy) is 3. The topological polar surface area (TPSA) is 34.3 Å². The van der Waals surface area contributed by atoms with Crippen molar-refractivity contribution < 1.29 is 18.7 Å². The van der Waals surface area contributed by atoms with E-state index in [2.05, 4.69) is 28.1 Å². The van der Waals surface area contributed by atoms with E-state index in [0.29, 0.717) is 12.2 Å². The molecule has 4 heteroatoms. The Morgan fingerprint density at radius 2 is 1.65 bits per heavy atom. The van der Waals surface area contributed by atoms with Gasteiger partial charge in [0.2, 0.25) is 0 Å². The molecule has 0 aromatic carbocycles. The lowest BCUT2D eigenvalue weighted by atomic mass is 10.4. The molecule has 2 aliphatic rings. The lowest BCUT2D eigenvalue weighted by Crippen LogP contribution is -2.37. The molecule has 2 unspecified atom stereocenters. The van der Waals surface area contributed by atoms with Crippen molar-refractivity contribution in [3.05, 3.63) is 0 Å². The van der Waals surface area contributed by atoms with Crippen LogP contribution < -0.4 is 0 Å². The highest BCUT2D eigenvalue weighted by Gasteiger charge is 2.28. The maximum absolute atomic E-state index is 5.18. The van der Waals surface area contributed by atoms with Gasteiger partial charge in [-0.1, -0.05) is 14.4 Å². The smallest absolute Gasteiger partial charge is 0.130 e. The summed E-state index contributed by atoms with van der Waals surface area (Å²) in [6.07, 6.45) is 2.10. The summed E-state index contributed by atoms with van der Waals surface area (Å²) in [6, 6.07) is 0. The molecule has 0 amide bonds. The highest BCUT2D eigenvalue weighted by Crippen LogP contribution is 2.11. The molecule has 2 fully saturated rings. The Morgan fingerprint density at radius 1 is 1.12 bits per heavy atom. The monoisotopic (exact) mass is 248 g/mol. The molecule has 0 aromatic rings. The maximum Gasteiger partial charge on any atom is 0.130 e. The van der Waals surface area contributed by atoms with E-state index in [-0.39, 0.29) is 7.43 Å². The molecule has 2 heterocycles. The zero-order chi connectivity index (χ0) is 12.0. The normalized spacial score (nSPS) is 25.4. The van der Waals surface area contributed by atoms with E-state index in [9.17, 15) is 0 Å². The van der Waals surface area contributed by atoms with E-state index in [1.54, 1.807) is 0 Å². The van der Waals surface area contributed by atoms with Gasteiger partial charge in [0.25, 0.3) is 0 Å². The lowest BCUT2D eigenvalue weighted by molar-refractivity contribution is -0.870. The fourth-order valence-electron chi connectivity index (χ4n) is 1.31. The van der Waals surface area contributed by atoms with E-state index in [0.717, 1.165) is 43.9 Å². The van der Waals surface area contributed by atoms with Crippen LogP contribution in [0.5, 0.6) is 0 Å². The van der Waals surface area contributed by atoms with Crippen LogP contribution in [-0.2, 0) is 14.2 Å². The van der Waals surface area contributed by atoms with E-state index >= 15 is 0 Å². The molecule has 2 saturated heterocycles. The van der Waals surface area contributed by atoms with E-state index in [1.807, 2.05) is 0 Å². The first kappa shape index (κ1) is 16.8. The van der Waals surface area contributed by atoms with Crippen LogP contribution in [0.15, 0.2) is 0 Å². The number of hydrogen-bond donors (Lipinski definition) is 0. The summed E-state index contributed by atoms with van der Waals surface area (Å²) in [6.45, 7) is 6.82. The second-order valence-corrected chi connectivity index (χ2v) is 5.46. The van der Waals surface area contributed by atoms with Crippen molar-refractivity contribution in [2.75, 3.05) is 54.1 Å². The average Bonchev–Trinajstić information content (AvgIpc) is 2.97. The second kappa shape index (κ2) is 8.03. The SMILES string of the molecule is C.CCCOCC1CO1.C[N+](C)(C)CC1CO1. The first-order valence-corrected chi connectivity index (χ1v) is 6.12. The van der Waals surface area contributed by atoms with Crippen LogP contribution in [0, 0.1) is 0 Å². The summed E-state index contributed by atoms with van der Waals surface area (Å²) in [5.41, 5.74) is 0. The van der Waals surface area contributed by atoms with E-state index in [4.69, 9.17) is 14.2 Å². The zero-order valence-electron chi connectivity index (χ0n) is 11.1. The number of likely N-dealkylation sites (N-methyl/N-ethyl adjacent to an activating group) is 1. The second-order valence-electron chi connectivity index (χ2n) is 5.46. The van der Waals surface area contributed by atoms with Crippen molar-refractivity contribution in [3.8, 4) is 0 Å². The summed E-state index contributed by atoms with van der Waals surface area (Å²) >= 11 is 0. The van der Waals surface area contributed by atoms with Gasteiger partial charge < -0.3 is 18.7 Å². The van der Waals surface area contributed by atoms with Crippen LogP contribution in [0.1, 0.15) is 20.8 Å². The first-order valence-electron chi connectivity index (χ1n) is 6.12. The molecule has 2 atom stereocenters. The largest absolute Gasteiger partial charge is 0.379 e. The Balaban J connectivity index is 0.000000284. The molecule has 104 valence electrons. The van der Waals surface area contributed by atoms with E-state index < -0.39 is 0 Å². The predicted octanol–water partition coefficient (Wildman–Crippen LogP) is 1.54. The summed E-state index contributed by atoms with van der Waals surface area (Å²) in [5, 5.41) is 0. The fourth-order valence-corrected chi connectivity index (χ4v) is 1.31. The number of rotatable bonds is 6. The van der Waals surface area contributed by atoms with Crippen molar-refractivity contribution in [1.82, 2.24) is 0 Å². The summed E-state index contributed by atoms with van der Waals surface area (Å²) in [5.74, 6) is 0. The minimum Gasteiger partial charge on any atom is -0.379 e. The molecule has 4 nitrogen and oxygen atoms in total. The van der Waals surface area contributed by atoms with Gasteiger partial charge in [-0.3, -0.25) is 0 Å². The Morgan fingerprint density at radius 3 is 1.94 bits per heavy atom. The third kappa shape index (κ3) is 12.1. The molecule has 0 N–H and O–H groups in total. The Hall–Kier alpha value is -0.160. The minimum atomic E-state index is 0. The molecule has 2 aliphatic heterocycles. The quantitative estimate of drug-likeness (QED) is 0.406. The molecule has 0 saturated carbocycles. The standard InChI is InChI=1S/C6H14NO.C6H12O2.CH4/c1-7(2,3)4-6-5-8-6;1-2-3-7-4-6-5-8-6;/h6H,4-5H2,1-3H3;6H,2-5H2,1H3;1H4/q+1;;. The van der Waals surface area contributed by atoms with Gasteiger partial charge in [0.15, 0.2) is 0 Å². The fraction of sp³-hybridized carbons (Fsp3) is 1.00. The van der Waals surface area contributed by atoms with Gasteiger partial charge in [-0.05, 0) is 6.42 Å². The number of nitrogens with zero attached hydrogens (tertiary/aromatic N) is 1. The van der Waals surface area contributed by atoms with Gasteiger partial charge in [-0.2, -0.15) is 0 Å². The lowest BCUT2D eigenvalue weighted by Gasteiger charge is -2.22. The van der Waals surface area contributed by atoms with Crippen LogP contribution in [-0.4, -0.2) is 70.8 Å².